The van der Waals surface area contributed by atoms with Crippen LogP contribution in [0.5, 0.6) is 0 Å². The van der Waals surface area contributed by atoms with Gasteiger partial charge < -0.3 is 4.74 Å². The van der Waals surface area contributed by atoms with E-state index in [1.165, 1.54) is 7.11 Å². The van der Waals surface area contributed by atoms with Gasteiger partial charge in [0.05, 0.1) is 12.7 Å². The van der Waals surface area contributed by atoms with Gasteiger partial charge >= 0.3 is 5.97 Å². The zero-order chi connectivity index (χ0) is 7.40. The van der Waals surface area contributed by atoms with Gasteiger partial charge in [-0.25, -0.2) is 4.79 Å². The van der Waals surface area contributed by atoms with Crippen molar-refractivity contribution in [3.63, 3.8) is 0 Å². The molecule has 0 saturated carbocycles. The number of esters is 1. The minimum Gasteiger partial charge on any atom is -0.465 e. The van der Waals surface area contributed by atoms with Crippen LogP contribution >= 0.6 is 0 Å². The fraction of sp³-hybridized carbons (Fsp3) is 0.125. The summed E-state index contributed by atoms with van der Waals surface area (Å²) in [6.07, 6.45) is 0. The van der Waals surface area contributed by atoms with E-state index in [4.69, 9.17) is 0 Å². The van der Waals surface area contributed by atoms with Crippen LogP contribution in [-0.4, -0.2) is 13.1 Å². The van der Waals surface area contributed by atoms with Gasteiger partial charge in [0.15, 0.2) is 0 Å². The fourth-order valence-electron chi connectivity index (χ4n) is 0.692. The Hall–Kier alpha value is -1.31. The maximum Gasteiger partial charge on any atom is 0.337 e. The second kappa shape index (κ2) is 3.01. The van der Waals surface area contributed by atoms with Gasteiger partial charge in [-0.2, -0.15) is 0 Å². The van der Waals surface area contributed by atoms with Crippen LogP contribution in [0.3, 0.4) is 0 Å². The summed E-state index contributed by atoms with van der Waals surface area (Å²) in [5.74, 6) is -0.291. The summed E-state index contributed by atoms with van der Waals surface area (Å²) in [5, 5.41) is 0. The Labute approximate surface area is 60.9 Å². The first-order valence-electron chi connectivity index (χ1n) is 2.98. The Bertz CT molecular complexity index is 221. The summed E-state index contributed by atoms with van der Waals surface area (Å²) in [4.78, 5) is 10.8. The number of methoxy groups -OCH3 is 1. The highest BCUT2D eigenvalue weighted by molar-refractivity contribution is 5.89. The standard InChI is InChI=1S/C8H8O2.H2/c1-10-8(9)7-5-3-2-4-6-7;/h2-6H,1H3;1H. The number of carbonyl (C=O) groups is 1. The topological polar surface area (TPSA) is 26.3 Å². The van der Waals surface area contributed by atoms with E-state index >= 15 is 0 Å². The van der Waals surface area contributed by atoms with Gasteiger partial charge in [0, 0.05) is 1.43 Å². The van der Waals surface area contributed by atoms with E-state index in [1.807, 2.05) is 6.07 Å². The molecular formula is C8H10O2. The zero-order valence-corrected chi connectivity index (χ0v) is 5.70. The lowest BCUT2D eigenvalue weighted by Crippen LogP contribution is -1.99. The second-order valence-corrected chi connectivity index (χ2v) is 1.86. The summed E-state index contributed by atoms with van der Waals surface area (Å²) < 4.78 is 4.50. The first kappa shape index (κ1) is 6.81. The van der Waals surface area contributed by atoms with Crippen molar-refractivity contribution in [3.05, 3.63) is 35.9 Å². The Morgan fingerprint density at radius 1 is 1.40 bits per heavy atom. The van der Waals surface area contributed by atoms with E-state index in [0.717, 1.165) is 0 Å². The molecular weight excluding hydrogens is 128 g/mol. The molecule has 0 saturated heterocycles. The fourth-order valence-corrected chi connectivity index (χ4v) is 0.692. The van der Waals surface area contributed by atoms with E-state index in [2.05, 4.69) is 4.74 Å². The lowest BCUT2D eigenvalue weighted by atomic mass is 10.2. The molecule has 0 aliphatic heterocycles. The van der Waals surface area contributed by atoms with Crippen molar-refractivity contribution in [2.24, 2.45) is 0 Å². The molecule has 1 rings (SSSR count). The first-order chi connectivity index (χ1) is 4.84. The second-order valence-electron chi connectivity index (χ2n) is 1.86. The van der Waals surface area contributed by atoms with Crippen molar-refractivity contribution >= 4 is 5.97 Å². The molecule has 54 valence electrons. The van der Waals surface area contributed by atoms with Gasteiger partial charge in [0.25, 0.3) is 0 Å². The predicted molar refractivity (Wildman–Crippen MR) is 39.9 cm³/mol. The van der Waals surface area contributed by atoms with Crippen LogP contribution in [0.4, 0.5) is 0 Å². The smallest absolute Gasteiger partial charge is 0.337 e. The molecule has 0 N–H and O–H groups in total. The lowest BCUT2D eigenvalue weighted by molar-refractivity contribution is 0.0601. The van der Waals surface area contributed by atoms with E-state index in [-0.39, 0.29) is 7.40 Å². The molecule has 0 aliphatic carbocycles. The third-order valence-corrected chi connectivity index (χ3v) is 1.19. The maximum atomic E-state index is 10.8. The Kier molecular flexibility index (Phi) is 2.05. The molecule has 1 aromatic carbocycles. The highest BCUT2D eigenvalue weighted by Gasteiger charge is 2.00. The minimum atomic E-state index is -0.291. The number of ether oxygens (including phenoxy) is 1. The van der Waals surface area contributed by atoms with Gasteiger partial charge in [0.1, 0.15) is 0 Å². The van der Waals surface area contributed by atoms with E-state index in [9.17, 15) is 4.79 Å². The van der Waals surface area contributed by atoms with Crippen LogP contribution in [-0.2, 0) is 4.74 Å². The van der Waals surface area contributed by atoms with Gasteiger partial charge in [0.2, 0.25) is 0 Å². The van der Waals surface area contributed by atoms with Crippen molar-refractivity contribution in [3.8, 4) is 0 Å². The molecule has 0 atom stereocenters. The van der Waals surface area contributed by atoms with Gasteiger partial charge in [-0.15, -0.1) is 0 Å². The number of benzene rings is 1. The zero-order valence-electron chi connectivity index (χ0n) is 5.70. The third-order valence-electron chi connectivity index (χ3n) is 1.19. The van der Waals surface area contributed by atoms with Gasteiger partial charge in [-0.05, 0) is 12.1 Å². The first-order valence-corrected chi connectivity index (χ1v) is 2.98. The van der Waals surface area contributed by atoms with Crippen molar-refractivity contribution < 1.29 is 11.0 Å². The number of carbonyl (C=O) groups excluding carboxylic acids is 1. The van der Waals surface area contributed by atoms with Crippen molar-refractivity contribution in [1.29, 1.82) is 0 Å². The minimum absolute atomic E-state index is 0. The summed E-state index contributed by atoms with van der Waals surface area (Å²) in [6, 6.07) is 8.88. The van der Waals surface area contributed by atoms with Crippen LogP contribution in [0, 0.1) is 0 Å². The molecule has 0 bridgehead atoms. The maximum absolute atomic E-state index is 10.8. The number of rotatable bonds is 1. The van der Waals surface area contributed by atoms with Crippen LogP contribution in [0.1, 0.15) is 11.8 Å². The normalized spacial score (nSPS) is 8.90. The summed E-state index contributed by atoms with van der Waals surface area (Å²) >= 11 is 0. The van der Waals surface area contributed by atoms with Crippen LogP contribution in [0.2, 0.25) is 0 Å². The molecule has 0 unspecified atom stereocenters. The molecule has 0 amide bonds. The van der Waals surface area contributed by atoms with E-state index in [0.29, 0.717) is 5.56 Å². The summed E-state index contributed by atoms with van der Waals surface area (Å²) in [6.45, 7) is 0. The van der Waals surface area contributed by atoms with Crippen LogP contribution in [0.15, 0.2) is 30.3 Å². The molecule has 0 spiro atoms. The summed E-state index contributed by atoms with van der Waals surface area (Å²) in [7, 11) is 1.37. The SMILES string of the molecule is COC(=O)c1ccccc1.[HH]. The van der Waals surface area contributed by atoms with Crippen LogP contribution in [0.25, 0.3) is 0 Å². The average molecular weight is 138 g/mol. The Morgan fingerprint density at radius 2 is 2.00 bits per heavy atom. The molecule has 2 heteroatoms. The molecule has 0 aromatic heterocycles. The molecule has 2 nitrogen and oxygen atoms in total. The van der Waals surface area contributed by atoms with Crippen molar-refractivity contribution in [1.82, 2.24) is 0 Å². The number of hydrogen-bond donors (Lipinski definition) is 0. The van der Waals surface area contributed by atoms with Crippen molar-refractivity contribution in [2.75, 3.05) is 7.11 Å². The predicted octanol–water partition coefficient (Wildman–Crippen LogP) is 1.72. The Balaban J connectivity index is 0.000001000. The van der Waals surface area contributed by atoms with Crippen molar-refractivity contribution in [2.45, 2.75) is 0 Å². The Morgan fingerprint density at radius 3 is 2.50 bits per heavy atom. The van der Waals surface area contributed by atoms with Gasteiger partial charge in [-0.3, -0.25) is 0 Å². The lowest BCUT2D eigenvalue weighted by Gasteiger charge is -1.95. The average Bonchev–Trinajstić information content (AvgIpc) is 2.05. The van der Waals surface area contributed by atoms with E-state index < -0.39 is 0 Å². The quantitative estimate of drug-likeness (QED) is 0.552. The molecule has 1 aromatic rings. The molecule has 0 fully saturated rings. The highest BCUT2D eigenvalue weighted by Crippen LogP contribution is 1.98. The molecule has 0 heterocycles. The molecule has 10 heavy (non-hydrogen) atoms. The summed E-state index contributed by atoms with van der Waals surface area (Å²) in [5.41, 5.74) is 0.588. The number of hydrogen-bond acceptors (Lipinski definition) is 2. The van der Waals surface area contributed by atoms with Crippen LogP contribution < -0.4 is 0 Å². The monoisotopic (exact) mass is 138 g/mol. The third kappa shape index (κ3) is 1.35. The molecule has 0 aliphatic rings. The largest absolute Gasteiger partial charge is 0.465 e. The highest BCUT2D eigenvalue weighted by atomic mass is 16.5. The van der Waals surface area contributed by atoms with Gasteiger partial charge in [-0.1, -0.05) is 18.2 Å². The van der Waals surface area contributed by atoms with E-state index in [1.54, 1.807) is 24.3 Å². The molecule has 0 radical (unpaired) electrons.